The zero-order chi connectivity index (χ0) is 25.0. The van der Waals surface area contributed by atoms with Gasteiger partial charge in [-0.2, -0.15) is 10.4 Å². The lowest BCUT2D eigenvalue weighted by Crippen LogP contribution is -2.07. The summed E-state index contributed by atoms with van der Waals surface area (Å²) in [6, 6.07) is 14.2. The van der Waals surface area contributed by atoms with E-state index in [1.807, 2.05) is 6.07 Å². The fraction of sp³-hybridized carbons (Fsp3) is 0.0417. The van der Waals surface area contributed by atoms with Crippen LogP contribution in [0, 0.1) is 23.0 Å². The van der Waals surface area contributed by atoms with E-state index < -0.39 is 11.6 Å². The average molecular weight is 503 g/mol. The van der Waals surface area contributed by atoms with Crippen molar-refractivity contribution >= 4 is 33.7 Å². The molecule has 176 valence electrons. The van der Waals surface area contributed by atoms with Crippen molar-refractivity contribution in [2.24, 2.45) is 0 Å². The summed E-state index contributed by atoms with van der Waals surface area (Å²) in [4.78, 5) is 17.0. The fourth-order valence-corrected chi connectivity index (χ4v) is 4.41. The molecule has 0 amide bonds. The third kappa shape index (κ3) is 3.52. The van der Waals surface area contributed by atoms with Crippen LogP contribution in [0.1, 0.15) is 11.1 Å². The van der Waals surface area contributed by atoms with E-state index in [0.717, 1.165) is 6.07 Å². The van der Waals surface area contributed by atoms with Crippen LogP contribution in [-0.4, -0.2) is 34.7 Å². The minimum atomic E-state index is -0.636. The predicted molar refractivity (Wildman–Crippen MR) is 128 cm³/mol. The summed E-state index contributed by atoms with van der Waals surface area (Å²) < 4.78 is 32.7. The molecule has 0 fully saturated rings. The van der Waals surface area contributed by atoms with Crippen LogP contribution in [0.15, 0.2) is 59.5 Å². The molecule has 3 heterocycles. The molecule has 0 bridgehead atoms. The maximum absolute atomic E-state index is 15.1. The molecule has 9 nitrogen and oxygen atoms in total. The van der Waals surface area contributed by atoms with E-state index in [1.165, 1.54) is 27.7 Å². The van der Waals surface area contributed by atoms with Gasteiger partial charge in [-0.05, 0) is 48.5 Å². The number of fused-ring (bicyclic) bond motifs is 2. The third-order valence-electron chi connectivity index (χ3n) is 5.84. The molecule has 0 saturated heterocycles. The summed E-state index contributed by atoms with van der Waals surface area (Å²) >= 11 is 6.21. The molecule has 6 rings (SSSR count). The Morgan fingerprint density at radius 1 is 1.03 bits per heavy atom. The van der Waals surface area contributed by atoms with E-state index in [9.17, 15) is 9.18 Å². The summed E-state index contributed by atoms with van der Waals surface area (Å²) in [5, 5.41) is 21.4. The second kappa shape index (κ2) is 8.14. The van der Waals surface area contributed by atoms with E-state index in [2.05, 4.69) is 25.4 Å². The molecule has 0 aliphatic heterocycles. The van der Waals surface area contributed by atoms with Crippen molar-refractivity contribution in [3.8, 4) is 23.0 Å². The first-order valence-electron chi connectivity index (χ1n) is 10.6. The van der Waals surface area contributed by atoms with Crippen LogP contribution >= 0.6 is 11.6 Å². The van der Waals surface area contributed by atoms with Gasteiger partial charge in [0.05, 0.1) is 46.1 Å². The Morgan fingerprint density at radius 2 is 1.86 bits per heavy atom. The number of hydrogen-bond donors (Lipinski definition) is 2. The van der Waals surface area contributed by atoms with Gasteiger partial charge in [0, 0.05) is 22.3 Å². The van der Waals surface area contributed by atoms with Gasteiger partial charge in [-0.25, -0.2) is 18.3 Å². The lowest BCUT2D eigenvalue weighted by Gasteiger charge is -2.11. The van der Waals surface area contributed by atoms with Crippen LogP contribution in [-0.2, 0) is 6.54 Å². The molecule has 0 spiro atoms. The quantitative estimate of drug-likeness (QED) is 0.372. The molecule has 0 radical (unpaired) electrons. The van der Waals surface area contributed by atoms with Crippen molar-refractivity contribution < 1.29 is 8.78 Å². The highest BCUT2D eigenvalue weighted by Crippen LogP contribution is 2.29. The molecule has 3 aromatic carbocycles. The van der Waals surface area contributed by atoms with Gasteiger partial charge in [0.1, 0.15) is 11.3 Å². The Bertz CT molecular complexity index is 1890. The van der Waals surface area contributed by atoms with E-state index in [1.54, 1.807) is 30.3 Å². The second-order valence-electron chi connectivity index (χ2n) is 8.04. The lowest BCUT2D eigenvalue weighted by atomic mass is 10.1. The summed E-state index contributed by atoms with van der Waals surface area (Å²) in [5.41, 5.74) is 3.10. The van der Waals surface area contributed by atoms with E-state index in [4.69, 9.17) is 16.9 Å². The molecule has 0 saturated carbocycles. The first-order valence-corrected chi connectivity index (χ1v) is 11.0. The number of nitrogens with one attached hydrogen (secondary N) is 2. The Hall–Kier alpha value is -4.82. The number of halogens is 3. The van der Waals surface area contributed by atoms with Crippen molar-refractivity contribution in [1.29, 1.82) is 5.26 Å². The standard InChI is InChI=1S/C24H13ClF2N8O/c25-16-5-12(10-28)6-17(26)15(16)11-34-21(3-4-29-34)13-7-18(27)23-22(8-13)35(33-32-23)14-1-2-19-20(9-14)31-24(36)30-19/h1-9H,11H2,(H2,30,31,36). The zero-order valence-electron chi connectivity index (χ0n) is 18.1. The third-order valence-corrected chi connectivity index (χ3v) is 6.18. The normalized spacial score (nSPS) is 11.4. The van der Waals surface area contributed by atoms with Crippen LogP contribution in [0.3, 0.4) is 0 Å². The summed E-state index contributed by atoms with van der Waals surface area (Å²) in [6.45, 7) is -0.0343. The molecule has 2 N–H and O–H groups in total. The monoisotopic (exact) mass is 502 g/mol. The number of nitrogens with zero attached hydrogens (tertiary/aromatic N) is 6. The highest BCUT2D eigenvalue weighted by molar-refractivity contribution is 6.31. The molecule has 3 aromatic heterocycles. The number of imidazole rings is 1. The minimum absolute atomic E-state index is 0.0343. The number of aromatic amines is 2. The SMILES string of the molecule is N#Cc1cc(F)c(Cn2nccc2-c2cc(F)c3nnn(-c4ccc5[nH]c(=O)[nH]c5c4)c3c2)c(Cl)c1. The molecular weight excluding hydrogens is 490 g/mol. The molecule has 0 aliphatic rings. The molecule has 0 atom stereocenters. The summed E-state index contributed by atoms with van der Waals surface area (Å²) in [7, 11) is 0. The Morgan fingerprint density at radius 3 is 2.67 bits per heavy atom. The number of aromatic nitrogens is 7. The van der Waals surface area contributed by atoms with Crippen molar-refractivity contribution in [2.75, 3.05) is 0 Å². The van der Waals surface area contributed by atoms with E-state index in [0.29, 0.717) is 33.5 Å². The lowest BCUT2D eigenvalue weighted by molar-refractivity contribution is 0.586. The maximum atomic E-state index is 15.1. The minimum Gasteiger partial charge on any atom is -0.306 e. The smallest absolute Gasteiger partial charge is 0.306 e. The van der Waals surface area contributed by atoms with Crippen LogP contribution in [0.5, 0.6) is 0 Å². The van der Waals surface area contributed by atoms with Gasteiger partial charge in [-0.15, -0.1) is 5.10 Å². The molecule has 6 aromatic rings. The first kappa shape index (κ1) is 21.7. The van der Waals surface area contributed by atoms with Crippen molar-refractivity contribution in [3.63, 3.8) is 0 Å². The van der Waals surface area contributed by atoms with Crippen LogP contribution in [0.2, 0.25) is 5.02 Å². The predicted octanol–water partition coefficient (Wildman–Crippen LogP) is 4.31. The highest BCUT2D eigenvalue weighted by atomic mass is 35.5. The fourth-order valence-electron chi connectivity index (χ4n) is 4.15. The van der Waals surface area contributed by atoms with Crippen LogP contribution in [0.4, 0.5) is 8.78 Å². The van der Waals surface area contributed by atoms with Gasteiger partial charge >= 0.3 is 5.69 Å². The molecule has 36 heavy (non-hydrogen) atoms. The Kier molecular flexibility index (Phi) is 4.91. The molecular formula is C24H13ClF2N8O. The van der Waals surface area contributed by atoms with E-state index >= 15 is 4.39 Å². The number of hydrogen-bond acceptors (Lipinski definition) is 5. The highest BCUT2D eigenvalue weighted by Gasteiger charge is 2.18. The molecule has 0 unspecified atom stereocenters. The number of rotatable bonds is 4. The van der Waals surface area contributed by atoms with Crippen molar-refractivity contribution in [2.45, 2.75) is 6.54 Å². The largest absolute Gasteiger partial charge is 0.323 e. The topological polar surface area (TPSA) is 121 Å². The van der Waals surface area contributed by atoms with Crippen molar-refractivity contribution in [3.05, 3.63) is 93.0 Å². The summed E-state index contributed by atoms with van der Waals surface area (Å²) in [6.07, 6.45) is 1.51. The zero-order valence-corrected chi connectivity index (χ0v) is 18.9. The second-order valence-corrected chi connectivity index (χ2v) is 8.45. The van der Waals surface area contributed by atoms with Gasteiger partial charge in [-0.3, -0.25) is 4.68 Å². The molecule has 12 heteroatoms. The number of benzene rings is 3. The van der Waals surface area contributed by atoms with Crippen LogP contribution in [0.25, 0.3) is 39.0 Å². The van der Waals surface area contributed by atoms with Gasteiger partial charge in [0.25, 0.3) is 0 Å². The number of nitriles is 1. The molecule has 0 aliphatic carbocycles. The average Bonchev–Trinajstić information content (AvgIpc) is 3.58. The van der Waals surface area contributed by atoms with Gasteiger partial charge in [-0.1, -0.05) is 16.8 Å². The first-order chi connectivity index (χ1) is 17.4. The van der Waals surface area contributed by atoms with E-state index in [-0.39, 0.29) is 33.9 Å². The van der Waals surface area contributed by atoms with Crippen LogP contribution < -0.4 is 5.69 Å². The van der Waals surface area contributed by atoms with Gasteiger partial charge in [0.15, 0.2) is 5.82 Å². The Balaban J connectivity index is 1.45. The van der Waals surface area contributed by atoms with Gasteiger partial charge in [0.2, 0.25) is 0 Å². The number of H-pyrrole nitrogens is 2. The Labute approximate surface area is 205 Å². The summed E-state index contributed by atoms with van der Waals surface area (Å²) in [5.74, 6) is -1.23. The van der Waals surface area contributed by atoms with Gasteiger partial charge < -0.3 is 9.97 Å². The maximum Gasteiger partial charge on any atom is 0.323 e. The van der Waals surface area contributed by atoms with Crippen molar-refractivity contribution in [1.82, 2.24) is 34.7 Å².